The van der Waals surface area contributed by atoms with E-state index in [2.05, 4.69) is 27.7 Å². The van der Waals surface area contributed by atoms with Gasteiger partial charge < -0.3 is 10.5 Å². The van der Waals surface area contributed by atoms with E-state index < -0.39 is 0 Å². The monoisotopic (exact) mass is 227 g/mol. The summed E-state index contributed by atoms with van der Waals surface area (Å²) in [6.07, 6.45) is 4.70. The summed E-state index contributed by atoms with van der Waals surface area (Å²) in [5, 5.41) is 0. The fourth-order valence-corrected chi connectivity index (χ4v) is 3.66. The smallest absolute Gasteiger partial charge is 0.0465 e. The van der Waals surface area contributed by atoms with Crippen LogP contribution in [0.1, 0.15) is 53.4 Å². The van der Waals surface area contributed by atoms with Crippen molar-refractivity contribution in [3.05, 3.63) is 0 Å². The van der Waals surface area contributed by atoms with Crippen molar-refractivity contribution >= 4 is 0 Å². The van der Waals surface area contributed by atoms with Gasteiger partial charge in [-0.15, -0.1) is 0 Å². The molecule has 1 aliphatic rings. The Balaban J connectivity index is 2.67. The van der Waals surface area contributed by atoms with Crippen LogP contribution < -0.4 is 5.73 Å². The Morgan fingerprint density at radius 3 is 2.50 bits per heavy atom. The SMILES string of the molecule is COCCC(C)C1(N)CC(C)CC(C)(C)C1. The van der Waals surface area contributed by atoms with E-state index in [-0.39, 0.29) is 5.54 Å². The Hall–Kier alpha value is -0.0800. The van der Waals surface area contributed by atoms with Crippen LogP contribution in [0, 0.1) is 17.3 Å². The zero-order valence-electron chi connectivity index (χ0n) is 11.7. The zero-order valence-corrected chi connectivity index (χ0v) is 11.7. The highest BCUT2D eigenvalue weighted by Crippen LogP contribution is 2.46. The molecule has 0 aromatic carbocycles. The summed E-state index contributed by atoms with van der Waals surface area (Å²) >= 11 is 0. The van der Waals surface area contributed by atoms with Gasteiger partial charge in [-0.05, 0) is 42.9 Å². The normalized spacial score (nSPS) is 36.0. The summed E-state index contributed by atoms with van der Waals surface area (Å²) < 4.78 is 5.17. The highest BCUT2D eigenvalue weighted by atomic mass is 16.5. The standard InChI is InChI=1S/C14H29NO/c1-11-8-13(3,4)10-14(15,9-11)12(2)6-7-16-5/h11-12H,6-10,15H2,1-5H3. The fraction of sp³-hybridized carbons (Fsp3) is 1.00. The van der Waals surface area contributed by atoms with E-state index in [1.54, 1.807) is 7.11 Å². The minimum atomic E-state index is 0.0136. The lowest BCUT2D eigenvalue weighted by Gasteiger charge is -2.48. The maximum atomic E-state index is 6.65. The molecule has 1 rings (SSSR count). The van der Waals surface area contributed by atoms with Gasteiger partial charge in [-0.3, -0.25) is 0 Å². The van der Waals surface area contributed by atoms with Crippen molar-refractivity contribution in [1.82, 2.24) is 0 Å². The van der Waals surface area contributed by atoms with Crippen molar-refractivity contribution in [3.63, 3.8) is 0 Å². The molecule has 96 valence electrons. The van der Waals surface area contributed by atoms with Gasteiger partial charge >= 0.3 is 0 Å². The van der Waals surface area contributed by atoms with Gasteiger partial charge in [0, 0.05) is 19.3 Å². The number of rotatable bonds is 4. The lowest BCUT2D eigenvalue weighted by atomic mass is 9.60. The van der Waals surface area contributed by atoms with E-state index in [4.69, 9.17) is 10.5 Å². The van der Waals surface area contributed by atoms with Gasteiger partial charge in [0.05, 0.1) is 0 Å². The van der Waals surface area contributed by atoms with Crippen LogP contribution in [0.15, 0.2) is 0 Å². The average Bonchev–Trinajstić information content (AvgIpc) is 2.09. The van der Waals surface area contributed by atoms with Crippen LogP contribution in [-0.2, 0) is 4.74 Å². The first kappa shape index (κ1) is 14.0. The number of hydrogen-bond acceptors (Lipinski definition) is 2. The largest absolute Gasteiger partial charge is 0.385 e. The molecule has 0 amide bonds. The predicted octanol–water partition coefficient (Wildman–Crippen LogP) is 3.20. The molecule has 1 saturated carbocycles. The van der Waals surface area contributed by atoms with Crippen molar-refractivity contribution in [2.45, 2.75) is 58.9 Å². The Morgan fingerprint density at radius 1 is 1.38 bits per heavy atom. The lowest BCUT2D eigenvalue weighted by molar-refractivity contribution is 0.0577. The molecule has 0 saturated heterocycles. The minimum absolute atomic E-state index is 0.0136. The number of hydrogen-bond donors (Lipinski definition) is 1. The van der Waals surface area contributed by atoms with Gasteiger partial charge in [-0.25, -0.2) is 0 Å². The van der Waals surface area contributed by atoms with Crippen LogP contribution in [0.3, 0.4) is 0 Å². The zero-order chi connectivity index (χ0) is 12.4. The van der Waals surface area contributed by atoms with E-state index in [9.17, 15) is 0 Å². The molecule has 2 N–H and O–H groups in total. The maximum Gasteiger partial charge on any atom is 0.0465 e. The molecule has 3 atom stereocenters. The Labute approximate surface area is 101 Å². The molecule has 0 spiro atoms. The van der Waals surface area contributed by atoms with Crippen LogP contribution >= 0.6 is 0 Å². The Bertz CT molecular complexity index is 227. The van der Waals surface area contributed by atoms with E-state index in [1.807, 2.05) is 0 Å². The molecule has 16 heavy (non-hydrogen) atoms. The summed E-state index contributed by atoms with van der Waals surface area (Å²) in [5.41, 5.74) is 7.06. The average molecular weight is 227 g/mol. The van der Waals surface area contributed by atoms with Crippen LogP contribution in [0.2, 0.25) is 0 Å². The number of methoxy groups -OCH3 is 1. The summed E-state index contributed by atoms with van der Waals surface area (Å²) in [7, 11) is 1.77. The van der Waals surface area contributed by atoms with E-state index in [0.717, 1.165) is 25.4 Å². The van der Waals surface area contributed by atoms with E-state index in [0.29, 0.717) is 11.3 Å². The second kappa shape index (κ2) is 5.05. The highest BCUT2D eigenvalue weighted by Gasteiger charge is 2.43. The summed E-state index contributed by atoms with van der Waals surface area (Å²) in [4.78, 5) is 0. The third kappa shape index (κ3) is 3.46. The lowest BCUT2D eigenvalue weighted by Crippen LogP contribution is -2.53. The fourth-order valence-electron chi connectivity index (χ4n) is 3.66. The van der Waals surface area contributed by atoms with Gasteiger partial charge in [-0.1, -0.05) is 27.7 Å². The second-order valence-corrected chi connectivity index (χ2v) is 6.77. The molecule has 0 aromatic rings. The van der Waals surface area contributed by atoms with Crippen LogP contribution in [0.5, 0.6) is 0 Å². The first-order valence-corrected chi connectivity index (χ1v) is 6.57. The number of nitrogens with two attached hydrogens (primary N) is 1. The van der Waals surface area contributed by atoms with Crippen LogP contribution in [0.4, 0.5) is 0 Å². The minimum Gasteiger partial charge on any atom is -0.385 e. The van der Waals surface area contributed by atoms with Crippen LogP contribution in [-0.4, -0.2) is 19.3 Å². The molecule has 1 aliphatic carbocycles. The molecule has 2 nitrogen and oxygen atoms in total. The third-order valence-electron chi connectivity index (χ3n) is 4.17. The molecular formula is C14H29NO. The Kier molecular flexibility index (Phi) is 4.42. The van der Waals surface area contributed by atoms with Gasteiger partial charge in [-0.2, -0.15) is 0 Å². The molecule has 0 radical (unpaired) electrons. The summed E-state index contributed by atoms with van der Waals surface area (Å²) in [6, 6.07) is 0. The topological polar surface area (TPSA) is 35.2 Å². The molecule has 0 aliphatic heterocycles. The predicted molar refractivity (Wildman–Crippen MR) is 69.4 cm³/mol. The van der Waals surface area contributed by atoms with Crippen LogP contribution in [0.25, 0.3) is 0 Å². The molecule has 1 fully saturated rings. The Morgan fingerprint density at radius 2 is 2.00 bits per heavy atom. The highest BCUT2D eigenvalue weighted by molar-refractivity contribution is 4.99. The quantitative estimate of drug-likeness (QED) is 0.800. The first-order valence-electron chi connectivity index (χ1n) is 6.57. The third-order valence-corrected chi connectivity index (χ3v) is 4.17. The molecule has 2 heteroatoms. The summed E-state index contributed by atoms with van der Waals surface area (Å²) in [5.74, 6) is 1.30. The van der Waals surface area contributed by atoms with Crippen molar-refractivity contribution in [1.29, 1.82) is 0 Å². The molecule has 0 bridgehead atoms. The van der Waals surface area contributed by atoms with Gasteiger partial charge in [0.1, 0.15) is 0 Å². The molecular weight excluding hydrogens is 198 g/mol. The second-order valence-electron chi connectivity index (χ2n) is 6.77. The van der Waals surface area contributed by atoms with Crippen molar-refractivity contribution in [2.75, 3.05) is 13.7 Å². The van der Waals surface area contributed by atoms with Gasteiger partial charge in [0.25, 0.3) is 0 Å². The van der Waals surface area contributed by atoms with Gasteiger partial charge in [0.2, 0.25) is 0 Å². The number of ether oxygens (including phenoxy) is 1. The van der Waals surface area contributed by atoms with E-state index in [1.165, 1.54) is 12.8 Å². The summed E-state index contributed by atoms with van der Waals surface area (Å²) in [6.45, 7) is 10.2. The molecule has 0 heterocycles. The molecule has 3 unspecified atom stereocenters. The van der Waals surface area contributed by atoms with Crippen molar-refractivity contribution < 1.29 is 4.74 Å². The maximum absolute atomic E-state index is 6.65. The first-order chi connectivity index (χ1) is 7.29. The van der Waals surface area contributed by atoms with Crippen molar-refractivity contribution in [2.24, 2.45) is 23.0 Å². The van der Waals surface area contributed by atoms with Crippen molar-refractivity contribution in [3.8, 4) is 0 Å². The van der Waals surface area contributed by atoms with E-state index >= 15 is 0 Å². The molecule has 0 aromatic heterocycles. The van der Waals surface area contributed by atoms with Gasteiger partial charge in [0.15, 0.2) is 0 Å².